The molecule has 0 amide bonds. The normalized spacial score (nSPS) is 17.2. The molecule has 19 heavy (non-hydrogen) atoms. The summed E-state index contributed by atoms with van der Waals surface area (Å²) in [5.74, 6) is 0.666. The van der Waals surface area contributed by atoms with Gasteiger partial charge in [0.2, 0.25) is 5.95 Å². The number of ether oxygens (including phenoxy) is 1. The second kappa shape index (κ2) is 5.09. The number of imidazole rings is 1. The third kappa shape index (κ3) is 2.47. The summed E-state index contributed by atoms with van der Waals surface area (Å²) in [5.41, 5.74) is 7.43. The van der Waals surface area contributed by atoms with E-state index in [-0.39, 0.29) is 5.82 Å². The molecule has 0 spiro atoms. The maximum atomic E-state index is 13.5. The van der Waals surface area contributed by atoms with Gasteiger partial charge in [0.25, 0.3) is 0 Å². The molecule has 2 heterocycles. The fraction of sp³-hybridized carbons (Fsp3) is 0.462. The number of anilines is 1. The summed E-state index contributed by atoms with van der Waals surface area (Å²) < 4.78 is 21.3. The first-order valence-electron chi connectivity index (χ1n) is 6.33. The fourth-order valence-corrected chi connectivity index (χ4v) is 2.85. The largest absolute Gasteiger partial charge is 0.381 e. The van der Waals surface area contributed by atoms with Gasteiger partial charge in [0.1, 0.15) is 5.82 Å². The number of rotatable bonds is 2. The summed E-state index contributed by atoms with van der Waals surface area (Å²) in [6.45, 7) is 2.41. The highest BCUT2D eigenvalue weighted by Gasteiger charge is 2.18. The molecule has 4 nitrogen and oxygen atoms in total. The smallest absolute Gasteiger partial charge is 0.201 e. The zero-order valence-corrected chi connectivity index (χ0v) is 12.0. The molecule has 102 valence electrons. The van der Waals surface area contributed by atoms with Crippen LogP contribution in [0, 0.1) is 11.7 Å². The second-order valence-corrected chi connectivity index (χ2v) is 5.75. The van der Waals surface area contributed by atoms with E-state index >= 15 is 0 Å². The molecular formula is C13H15BrFN3O. The highest BCUT2D eigenvalue weighted by molar-refractivity contribution is 9.10. The Morgan fingerprint density at radius 1 is 1.42 bits per heavy atom. The van der Waals surface area contributed by atoms with Crippen molar-refractivity contribution < 1.29 is 9.13 Å². The fourth-order valence-electron chi connectivity index (χ4n) is 2.52. The predicted octanol–water partition coefficient (Wildman–Crippen LogP) is 2.95. The van der Waals surface area contributed by atoms with Gasteiger partial charge in [0.15, 0.2) is 0 Å². The van der Waals surface area contributed by atoms with Crippen LogP contribution in [-0.4, -0.2) is 22.8 Å². The molecule has 2 aromatic rings. The van der Waals surface area contributed by atoms with E-state index in [0.717, 1.165) is 38.1 Å². The molecule has 3 rings (SSSR count). The van der Waals surface area contributed by atoms with Crippen molar-refractivity contribution in [2.24, 2.45) is 5.92 Å². The molecule has 0 aliphatic carbocycles. The van der Waals surface area contributed by atoms with Gasteiger partial charge in [-0.05, 0) is 40.8 Å². The van der Waals surface area contributed by atoms with Gasteiger partial charge < -0.3 is 15.0 Å². The summed E-state index contributed by atoms with van der Waals surface area (Å²) in [7, 11) is 0. The van der Waals surface area contributed by atoms with Gasteiger partial charge in [-0.1, -0.05) is 0 Å². The van der Waals surface area contributed by atoms with Crippen molar-refractivity contribution >= 4 is 32.9 Å². The van der Waals surface area contributed by atoms with Gasteiger partial charge in [0.05, 0.1) is 15.5 Å². The third-order valence-corrected chi connectivity index (χ3v) is 4.21. The maximum absolute atomic E-state index is 13.5. The Labute approximate surface area is 118 Å². The van der Waals surface area contributed by atoms with Crippen molar-refractivity contribution in [2.75, 3.05) is 18.9 Å². The van der Waals surface area contributed by atoms with Crippen LogP contribution >= 0.6 is 15.9 Å². The second-order valence-electron chi connectivity index (χ2n) is 4.89. The standard InChI is InChI=1S/C13H15BrFN3O/c14-9-5-12-11(6-10(9)15)17-13(16)18(12)7-8-1-3-19-4-2-8/h5-6,8H,1-4,7H2,(H2,16,17). The van der Waals surface area contributed by atoms with Crippen LogP contribution in [0.3, 0.4) is 0 Å². The summed E-state index contributed by atoms with van der Waals surface area (Å²) in [5, 5.41) is 0. The lowest BCUT2D eigenvalue weighted by Crippen LogP contribution is -2.21. The van der Waals surface area contributed by atoms with Crippen molar-refractivity contribution in [3.63, 3.8) is 0 Å². The minimum atomic E-state index is -0.316. The van der Waals surface area contributed by atoms with Gasteiger partial charge >= 0.3 is 0 Å². The van der Waals surface area contributed by atoms with Crippen LogP contribution in [0.15, 0.2) is 16.6 Å². The van der Waals surface area contributed by atoms with Crippen LogP contribution in [0.1, 0.15) is 12.8 Å². The lowest BCUT2D eigenvalue weighted by atomic mass is 10.0. The van der Waals surface area contributed by atoms with Gasteiger partial charge in [-0.15, -0.1) is 0 Å². The highest BCUT2D eigenvalue weighted by Crippen LogP contribution is 2.27. The SMILES string of the molecule is Nc1nc2cc(F)c(Br)cc2n1CC1CCOCC1. The first-order chi connectivity index (χ1) is 9.15. The number of hydrogen-bond donors (Lipinski definition) is 1. The molecule has 1 aromatic carbocycles. The predicted molar refractivity (Wildman–Crippen MR) is 75.3 cm³/mol. The van der Waals surface area contributed by atoms with E-state index in [2.05, 4.69) is 20.9 Å². The number of nitrogens with two attached hydrogens (primary N) is 1. The van der Waals surface area contributed by atoms with Crippen LogP contribution in [0.25, 0.3) is 11.0 Å². The van der Waals surface area contributed by atoms with Crippen molar-refractivity contribution in [3.05, 3.63) is 22.4 Å². The third-order valence-electron chi connectivity index (χ3n) is 3.60. The van der Waals surface area contributed by atoms with Gasteiger partial charge in [-0.3, -0.25) is 0 Å². The Balaban J connectivity index is 1.97. The van der Waals surface area contributed by atoms with E-state index in [1.807, 2.05) is 4.57 Å². The number of hydrogen-bond acceptors (Lipinski definition) is 3. The Hall–Kier alpha value is -1.14. The number of fused-ring (bicyclic) bond motifs is 1. The molecule has 6 heteroatoms. The number of aromatic nitrogens is 2. The van der Waals surface area contributed by atoms with Crippen LogP contribution in [0.4, 0.5) is 10.3 Å². The van der Waals surface area contributed by atoms with Crippen molar-refractivity contribution in [2.45, 2.75) is 19.4 Å². The number of nitrogens with zero attached hydrogens (tertiary/aromatic N) is 2. The van der Waals surface area contributed by atoms with Crippen molar-refractivity contribution in [3.8, 4) is 0 Å². The maximum Gasteiger partial charge on any atom is 0.201 e. The Kier molecular flexibility index (Phi) is 3.45. The van der Waals surface area contributed by atoms with E-state index < -0.39 is 0 Å². The van der Waals surface area contributed by atoms with Crippen molar-refractivity contribution in [1.82, 2.24) is 9.55 Å². The quantitative estimate of drug-likeness (QED) is 0.922. The average Bonchev–Trinajstić information content (AvgIpc) is 2.68. The van der Waals surface area contributed by atoms with Gasteiger partial charge in [0, 0.05) is 25.8 Å². The summed E-state index contributed by atoms with van der Waals surface area (Å²) in [4.78, 5) is 4.23. The zero-order valence-electron chi connectivity index (χ0n) is 10.4. The molecule has 0 radical (unpaired) electrons. The summed E-state index contributed by atoms with van der Waals surface area (Å²) in [6, 6.07) is 3.16. The van der Waals surface area contributed by atoms with Crippen LogP contribution in [0.2, 0.25) is 0 Å². The molecule has 0 atom stereocenters. The number of nitrogen functional groups attached to an aromatic ring is 1. The van der Waals surface area contributed by atoms with Crippen molar-refractivity contribution in [1.29, 1.82) is 0 Å². The van der Waals surface area contributed by atoms with E-state index in [4.69, 9.17) is 10.5 Å². The van der Waals surface area contributed by atoms with Gasteiger partial charge in [-0.25, -0.2) is 9.37 Å². The minimum Gasteiger partial charge on any atom is -0.381 e. The molecule has 0 saturated carbocycles. The summed E-state index contributed by atoms with van der Waals surface area (Å²) in [6.07, 6.45) is 2.06. The zero-order chi connectivity index (χ0) is 13.4. The average molecular weight is 328 g/mol. The van der Waals surface area contributed by atoms with E-state index in [0.29, 0.717) is 21.9 Å². The molecule has 1 aliphatic rings. The first-order valence-corrected chi connectivity index (χ1v) is 7.13. The number of halogens is 2. The van der Waals surface area contributed by atoms with E-state index in [1.165, 1.54) is 6.07 Å². The molecule has 1 saturated heterocycles. The molecule has 1 aromatic heterocycles. The lowest BCUT2D eigenvalue weighted by Gasteiger charge is -2.23. The Morgan fingerprint density at radius 3 is 2.89 bits per heavy atom. The molecule has 0 bridgehead atoms. The highest BCUT2D eigenvalue weighted by atomic mass is 79.9. The number of benzene rings is 1. The van der Waals surface area contributed by atoms with Gasteiger partial charge in [-0.2, -0.15) is 0 Å². The first kappa shape index (κ1) is 12.9. The minimum absolute atomic E-state index is 0.316. The Bertz CT molecular complexity index is 607. The Morgan fingerprint density at radius 2 is 2.16 bits per heavy atom. The van der Waals surface area contributed by atoms with Crippen LogP contribution in [0.5, 0.6) is 0 Å². The summed E-state index contributed by atoms with van der Waals surface area (Å²) >= 11 is 3.21. The molecule has 0 unspecified atom stereocenters. The molecule has 1 aliphatic heterocycles. The van der Waals surface area contributed by atoms with Crippen LogP contribution in [-0.2, 0) is 11.3 Å². The van der Waals surface area contributed by atoms with E-state index in [9.17, 15) is 4.39 Å². The lowest BCUT2D eigenvalue weighted by molar-refractivity contribution is 0.0618. The topological polar surface area (TPSA) is 53.1 Å². The monoisotopic (exact) mass is 327 g/mol. The molecule has 2 N–H and O–H groups in total. The van der Waals surface area contributed by atoms with E-state index in [1.54, 1.807) is 6.07 Å². The van der Waals surface area contributed by atoms with Crippen LogP contribution < -0.4 is 5.73 Å². The molecular weight excluding hydrogens is 313 g/mol. The molecule has 1 fully saturated rings.